The lowest BCUT2D eigenvalue weighted by molar-refractivity contribution is -0.0808. The number of hydrogen-bond acceptors (Lipinski definition) is 6. The summed E-state index contributed by atoms with van der Waals surface area (Å²) in [6.45, 7) is 4.29. The minimum Gasteiger partial charge on any atom is -0.391 e. The van der Waals surface area contributed by atoms with Crippen LogP contribution >= 0.6 is 0 Å². The van der Waals surface area contributed by atoms with Crippen molar-refractivity contribution in [3.63, 3.8) is 0 Å². The van der Waals surface area contributed by atoms with E-state index >= 15 is 4.39 Å². The summed E-state index contributed by atoms with van der Waals surface area (Å²) >= 11 is 0. The third kappa shape index (κ3) is 2.47. The quantitative estimate of drug-likeness (QED) is 0.635. The van der Waals surface area contributed by atoms with Gasteiger partial charge in [0, 0.05) is 5.69 Å². The molecular weight excluding hydrogens is 293 g/mol. The second kappa shape index (κ2) is 5.68. The molecule has 0 aromatic carbocycles. The highest BCUT2D eigenvalue weighted by Gasteiger charge is 2.59. The van der Waals surface area contributed by atoms with Gasteiger partial charge in [0.2, 0.25) is 5.67 Å². The predicted octanol–water partition coefficient (Wildman–Crippen LogP) is -0.495. The van der Waals surface area contributed by atoms with Crippen molar-refractivity contribution in [2.75, 3.05) is 5.73 Å². The molecule has 1 saturated heterocycles. The molecule has 4 N–H and O–H groups in total. The first kappa shape index (κ1) is 16.4. The Hall–Kier alpha value is -1.95. The molecule has 1 aliphatic heterocycles. The molecule has 0 aliphatic carbocycles. The van der Waals surface area contributed by atoms with Crippen LogP contribution in [-0.2, 0) is 4.74 Å². The lowest BCUT2D eigenvalue weighted by Gasteiger charge is -2.25. The molecule has 8 heteroatoms. The van der Waals surface area contributed by atoms with E-state index in [4.69, 9.17) is 10.5 Å². The van der Waals surface area contributed by atoms with Gasteiger partial charge < -0.3 is 20.7 Å². The van der Waals surface area contributed by atoms with Gasteiger partial charge >= 0.3 is 5.69 Å². The Labute approximate surface area is 126 Å². The summed E-state index contributed by atoms with van der Waals surface area (Å²) in [4.78, 5) is 15.6. The van der Waals surface area contributed by atoms with Crippen LogP contribution in [0.5, 0.6) is 0 Å². The lowest BCUT2D eigenvalue weighted by atomic mass is 9.94. The van der Waals surface area contributed by atoms with E-state index in [1.165, 1.54) is 26.8 Å². The van der Waals surface area contributed by atoms with Crippen LogP contribution in [0.4, 0.5) is 10.2 Å². The average Bonchev–Trinajstić information content (AvgIpc) is 2.63. The standard InChI is InChI=1S/C14H18FN3O4/c1-4-5-14(15)11(20)10(8(3)19)22-12(14)18-7(2)6-9(16)17-13(18)21/h6,8,10-12,19-20H,1-3H3,(H2,16,17,21)/t8-,10-,11+,12-,14?/m1/s1. The van der Waals surface area contributed by atoms with Crippen LogP contribution in [0.15, 0.2) is 10.9 Å². The Balaban J connectivity index is 2.62. The summed E-state index contributed by atoms with van der Waals surface area (Å²) in [5.41, 5.74) is 2.41. The van der Waals surface area contributed by atoms with E-state index in [1.807, 2.05) is 0 Å². The fourth-order valence-corrected chi connectivity index (χ4v) is 2.58. The highest BCUT2D eigenvalue weighted by atomic mass is 19.1. The highest BCUT2D eigenvalue weighted by Crippen LogP contribution is 2.42. The maximum atomic E-state index is 15.2. The van der Waals surface area contributed by atoms with Crippen molar-refractivity contribution in [3.05, 3.63) is 22.2 Å². The minimum absolute atomic E-state index is 0.00425. The minimum atomic E-state index is -2.55. The Morgan fingerprint density at radius 2 is 2.27 bits per heavy atom. The van der Waals surface area contributed by atoms with Gasteiger partial charge in [-0.2, -0.15) is 4.98 Å². The molecule has 0 saturated carbocycles. The van der Waals surface area contributed by atoms with E-state index in [1.54, 1.807) is 0 Å². The maximum absolute atomic E-state index is 15.2. The number of nitrogens with zero attached hydrogens (tertiary/aromatic N) is 2. The number of halogens is 1. The third-order valence-electron chi connectivity index (χ3n) is 3.58. The zero-order valence-corrected chi connectivity index (χ0v) is 12.4. The van der Waals surface area contributed by atoms with Gasteiger partial charge in [-0.15, -0.1) is 5.92 Å². The molecule has 120 valence electrons. The Bertz CT molecular complexity index is 694. The van der Waals surface area contributed by atoms with Gasteiger partial charge in [0.25, 0.3) is 0 Å². The second-order valence-corrected chi connectivity index (χ2v) is 5.26. The van der Waals surface area contributed by atoms with E-state index in [0.717, 1.165) is 4.57 Å². The first-order valence-corrected chi connectivity index (χ1v) is 6.72. The zero-order chi connectivity index (χ0) is 16.7. The van der Waals surface area contributed by atoms with E-state index in [0.29, 0.717) is 5.69 Å². The van der Waals surface area contributed by atoms with Crippen molar-refractivity contribution in [1.82, 2.24) is 9.55 Å². The fraction of sp³-hybridized carbons (Fsp3) is 0.571. The van der Waals surface area contributed by atoms with Crippen molar-refractivity contribution in [3.8, 4) is 11.8 Å². The van der Waals surface area contributed by atoms with Gasteiger partial charge in [-0.1, -0.05) is 5.92 Å². The summed E-state index contributed by atoms with van der Waals surface area (Å²) in [7, 11) is 0. The molecule has 22 heavy (non-hydrogen) atoms. The van der Waals surface area contributed by atoms with E-state index < -0.39 is 35.9 Å². The molecule has 1 aliphatic rings. The second-order valence-electron chi connectivity index (χ2n) is 5.26. The highest BCUT2D eigenvalue weighted by molar-refractivity contribution is 5.30. The van der Waals surface area contributed by atoms with Crippen molar-refractivity contribution < 1.29 is 19.3 Å². The van der Waals surface area contributed by atoms with Crippen LogP contribution in [0.25, 0.3) is 0 Å². The molecule has 7 nitrogen and oxygen atoms in total. The zero-order valence-electron chi connectivity index (χ0n) is 12.4. The summed E-state index contributed by atoms with van der Waals surface area (Å²) < 4.78 is 21.6. The largest absolute Gasteiger partial charge is 0.391 e. The number of aliphatic hydroxyl groups excluding tert-OH is 2. The van der Waals surface area contributed by atoms with Crippen LogP contribution in [-0.4, -0.2) is 43.7 Å². The topological polar surface area (TPSA) is 111 Å². The van der Waals surface area contributed by atoms with Crippen molar-refractivity contribution in [2.45, 2.75) is 51.0 Å². The van der Waals surface area contributed by atoms with Crippen LogP contribution in [0.3, 0.4) is 0 Å². The maximum Gasteiger partial charge on any atom is 0.351 e. The Morgan fingerprint density at radius 1 is 1.64 bits per heavy atom. The molecule has 2 rings (SSSR count). The molecule has 1 aromatic rings. The van der Waals surface area contributed by atoms with Gasteiger partial charge in [0.05, 0.1) is 6.10 Å². The first-order chi connectivity index (χ1) is 10.2. The van der Waals surface area contributed by atoms with Gasteiger partial charge in [-0.25, -0.2) is 9.18 Å². The molecule has 0 amide bonds. The Kier molecular flexibility index (Phi) is 4.24. The monoisotopic (exact) mass is 311 g/mol. The third-order valence-corrected chi connectivity index (χ3v) is 3.58. The number of hydrogen-bond donors (Lipinski definition) is 3. The van der Waals surface area contributed by atoms with Crippen molar-refractivity contribution >= 4 is 5.82 Å². The van der Waals surface area contributed by atoms with Crippen LogP contribution in [0.2, 0.25) is 0 Å². The van der Waals surface area contributed by atoms with Crippen LogP contribution in [0.1, 0.15) is 25.8 Å². The summed E-state index contributed by atoms with van der Waals surface area (Å²) in [6.07, 6.45) is -5.62. The fourth-order valence-electron chi connectivity index (χ4n) is 2.58. The van der Waals surface area contributed by atoms with Crippen LogP contribution < -0.4 is 11.4 Å². The first-order valence-electron chi connectivity index (χ1n) is 6.72. The van der Waals surface area contributed by atoms with E-state index in [9.17, 15) is 15.0 Å². The van der Waals surface area contributed by atoms with E-state index in [-0.39, 0.29) is 5.82 Å². The van der Waals surface area contributed by atoms with Crippen LogP contribution in [0, 0.1) is 18.8 Å². The number of anilines is 1. The molecular formula is C14H18FN3O4. The SMILES string of the molecule is CC#CC1(F)[C@@H](O)[C@@H]([C@@H](C)O)O[C@H]1n1c(C)cc(N)nc1=O. The summed E-state index contributed by atoms with van der Waals surface area (Å²) in [5, 5.41) is 19.8. The lowest BCUT2D eigenvalue weighted by Crippen LogP contribution is -2.46. The smallest absolute Gasteiger partial charge is 0.351 e. The number of ether oxygens (including phenoxy) is 1. The van der Waals surface area contributed by atoms with Gasteiger partial charge in [-0.05, 0) is 26.8 Å². The molecule has 0 spiro atoms. The molecule has 0 bridgehead atoms. The van der Waals surface area contributed by atoms with Gasteiger partial charge in [-0.3, -0.25) is 4.57 Å². The number of aromatic nitrogens is 2. The van der Waals surface area contributed by atoms with Gasteiger partial charge in [0.1, 0.15) is 18.0 Å². The van der Waals surface area contributed by atoms with Crippen molar-refractivity contribution in [1.29, 1.82) is 0 Å². The van der Waals surface area contributed by atoms with Crippen molar-refractivity contribution in [2.24, 2.45) is 0 Å². The number of aliphatic hydroxyl groups is 2. The molecule has 2 heterocycles. The van der Waals surface area contributed by atoms with E-state index in [2.05, 4.69) is 16.8 Å². The molecule has 0 radical (unpaired) electrons. The number of nitrogen functional groups attached to an aromatic ring is 1. The normalized spacial score (nSPS) is 32.4. The summed E-state index contributed by atoms with van der Waals surface area (Å²) in [5.74, 6) is 4.63. The molecule has 1 unspecified atom stereocenters. The summed E-state index contributed by atoms with van der Waals surface area (Å²) in [6, 6.07) is 1.38. The van der Waals surface area contributed by atoms with Gasteiger partial charge in [0.15, 0.2) is 6.23 Å². The predicted molar refractivity (Wildman–Crippen MR) is 76.5 cm³/mol. The number of alkyl halides is 1. The number of nitrogens with two attached hydrogens (primary N) is 1. The average molecular weight is 311 g/mol. The number of rotatable bonds is 2. The number of aryl methyl sites for hydroxylation is 1. The Morgan fingerprint density at radius 3 is 2.77 bits per heavy atom. The molecule has 1 aromatic heterocycles. The molecule has 5 atom stereocenters. The molecule has 1 fully saturated rings.